The van der Waals surface area contributed by atoms with Gasteiger partial charge in [-0.25, -0.2) is 9.37 Å². The molecule has 1 amide bonds. The van der Waals surface area contributed by atoms with Crippen LogP contribution >= 0.6 is 11.6 Å². The van der Waals surface area contributed by atoms with Crippen molar-refractivity contribution in [2.45, 2.75) is 50.5 Å². The number of nitrogens with zero attached hydrogens (tertiary/aromatic N) is 2. The Hall–Kier alpha value is -2.21. The Bertz CT molecular complexity index is 986. The molecule has 2 saturated carbocycles. The molecule has 7 heteroatoms. The number of hydrogen-bond donors (Lipinski definition) is 1. The van der Waals surface area contributed by atoms with E-state index in [9.17, 15) is 14.0 Å². The topological polar surface area (TPSA) is 78.0 Å². The van der Waals surface area contributed by atoms with E-state index in [1.54, 1.807) is 12.1 Å². The molecule has 2 heterocycles. The predicted octanol–water partition coefficient (Wildman–Crippen LogP) is 3.78. The van der Waals surface area contributed by atoms with E-state index in [0.717, 1.165) is 42.8 Å². The summed E-state index contributed by atoms with van der Waals surface area (Å²) in [6.45, 7) is 0. The van der Waals surface area contributed by atoms with Crippen LogP contribution in [0.1, 0.15) is 71.6 Å². The van der Waals surface area contributed by atoms with E-state index in [-0.39, 0.29) is 17.0 Å². The standard InChI is InChI=1S/C21H21ClFN3O2/c22-15-9-10(1-2-16(15)23)17-3-4-18-25-19(20(21(24)28)26(17)18)13-5-11-7-14(27)8-12(11)6-13/h1-2,9,11-13,17H,3-8H2,(H2,24,28). The van der Waals surface area contributed by atoms with Crippen LogP contribution in [0.2, 0.25) is 5.02 Å². The van der Waals surface area contributed by atoms with E-state index < -0.39 is 11.7 Å². The van der Waals surface area contributed by atoms with Crippen molar-refractivity contribution < 1.29 is 14.0 Å². The van der Waals surface area contributed by atoms with Crippen molar-refractivity contribution >= 4 is 23.3 Å². The highest BCUT2D eigenvalue weighted by Crippen LogP contribution is 2.50. The highest BCUT2D eigenvalue weighted by atomic mass is 35.5. The van der Waals surface area contributed by atoms with Crippen LogP contribution < -0.4 is 5.73 Å². The Morgan fingerprint density at radius 1 is 1.25 bits per heavy atom. The summed E-state index contributed by atoms with van der Waals surface area (Å²) in [7, 11) is 0. The summed E-state index contributed by atoms with van der Waals surface area (Å²) in [6.07, 6.45) is 4.59. The number of carbonyl (C=O) groups is 2. The molecule has 0 radical (unpaired) electrons. The molecule has 5 rings (SSSR count). The molecule has 146 valence electrons. The van der Waals surface area contributed by atoms with Gasteiger partial charge in [0.25, 0.3) is 5.91 Å². The largest absolute Gasteiger partial charge is 0.364 e. The number of nitrogens with two attached hydrogens (primary N) is 1. The van der Waals surface area contributed by atoms with Gasteiger partial charge in [-0.2, -0.15) is 0 Å². The fourth-order valence-corrected chi connectivity index (χ4v) is 5.76. The number of hydrogen-bond acceptors (Lipinski definition) is 3. The van der Waals surface area contributed by atoms with Crippen LogP contribution in [-0.2, 0) is 11.2 Å². The quantitative estimate of drug-likeness (QED) is 0.850. The lowest BCUT2D eigenvalue weighted by molar-refractivity contribution is -0.117. The number of Topliss-reactive ketones (excluding diaryl/α,β-unsaturated/α-hetero) is 1. The Morgan fingerprint density at radius 3 is 2.61 bits per heavy atom. The Morgan fingerprint density at radius 2 is 1.96 bits per heavy atom. The highest BCUT2D eigenvalue weighted by Gasteiger charge is 2.44. The van der Waals surface area contributed by atoms with Crippen molar-refractivity contribution in [1.29, 1.82) is 0 Å². The van der Waals surface area contributed by atoms with Crippen molar-refractivity contribution in [2.75, 3.05) is 0 Å². The molecule has 3 atom stereocenters. The number of imidazole rings is 1. The van der Waals surface area contributed by atoms with Gasteiger partial charge in [-0.05, 0) is 48.8 Å². The molecule has 0 saturated heterocycles. The number of aryl methyl sites for hydroxylation is 1. The number of ketones is 1. The van der Waals surface area contributed by atoms with Crippen LogP contribution in [0.15, 0.2) is 18.2 Å². The van der Waals surface area contributed by atoms with Crippen molar-refractivity contribution in [3.63, 3.8) is 0 Å². The van der Waals surface area contributed by atoms with Gasteiger partial charge in [0, 0.05) is 25.2 Å². The predicted molar refractivity (Wildman–Crippen MR) is 102 cm³/mol. The molecular weight excluding hydrogens is 381 g/mol. The van der Waals surface area contributed by atoms with E-state index in [4.69, 9.17) is 22.3 Å². The first-order chi connectivity index (χ1) is 13.4. The van der Waals surface area contributed by atoms with Crippen LogP contribution in [0.4, 0.5) is 4.39 Å². The number of fused-ring (bicyclic) bond motifs is 2. The first-order valence-electron chi connectivity index (χ1n) is 9.79. The minimum absolute atomic E-state index is 0.0696. The van der Waals surface area contributed by atoms with E-state index in [1.807, 2.05) is 4.57 Å². The molecule has 3 aliphatic rings. The highest BCUT2D eigenvalue weighted by molar-refractivity contribution is 6.30. The van der Waals surface area contributed by atoms with Crippen LogP contribution in [-0.4, -0.2) is 21.2 Å². The lowest BCUT2D eigenvalue weighted by atomic mass is 9.97. The molecule has 1 aliphatic heterocycles. The average molecular weight is 402 g/mol. The third kappa shape index (κ3) is 2.69. The van der Waals surface area contributed by atoms with Gasteiger partial charge >= 0.3 is 0 Å². The molecule has 0 bridgehead atoms. The smallest absolute Gasteiger partial charge is 0.267 e. The maximum atomic E-state index is 13.6. The van der Waals surface area contributed by atoms with Crippen LogP contribution in [0.25, 0.3) is 0 Å². The lowest BCUT2D eigenvalue weighted by Gasteiger charge is -2.18. The summed E-state index contributed by atoms with van der Waals surface area (Å²) in [4.78, 5) is 29.0. The SMILES string of the molecule is NC(=O)c1c(C2CC3CC(=O)CC3C2)nc2n1C(c1ccc(F)c(Cl)c1)CC2. The van der Waals surface area contributed by atoms with Crippen molar-refractivity contribution in [3.05, 3.63) is 51.8 Å². The van der Waals surface area contributed by atoms with Gasteiger partial charge in [0.05, 0.1) is 16.8 Å². The fraction of sp³-hybridized carbons (Fsp3) is 0.476. The van der Waals surface area contributed by atoms with Gasteiger partial charge in [-0.15, -0.1) is 0 Å². The number of carbonyl (C=O) groups excluding carboxylic acids is 2. The van der Waals surface area contributed by atoms with Gasteiger partial charge in [0.2, 0.25) is 0 Å². The van der Waals surface area contributed by atoms with Gasteiger partial charge in [-0.3, -0.25) is 9.59 Å². The number of amides is 1. The molecule has 2 N–H and O–H groups in total. The van der Waals surface area contributed by atoms with Crippen LogP contribution in [0, 0.1) is 17.7 Å². The summed E-state index contributed by atoms with van der Waals surface area (Å²) in [5.74, 6) is 1.23. The monoisotopic (exact) mass is 401 g/mol. The van der Waals surface area contributed by atoms with E-state index >= 15 is 0 Å². The molecule has 2 aliphatic carbocycles. The Balaban J connectivity index is 1.53. The molecule has 3 unspecified atom stereocenters. The average Bonchev–Trinajstić information content (AvgIpc) is 3.34. The summed E-state index contributed by atoms with van der Waals surface area (Å²) in [5, 5.41) is 0.0696. The summed E-state index contributed by atoms with van der Waals surface area (Å²) < 4.78 is 15.5. The zero-order valence-corrected chi connectivity index (χ0v) is 16.1. The molecule has 2 aromatic rings. The van der Waals surface area contributed by atoms with Crippen molar-refractivity contribution in [1.82, 2.24) is 9.55 Å². The van der Waals surface area contributed by atoms with Gasteiger partial charge in [0.1, 0.15) is 23.1 Å². The van der Waals surface area contributed by atoms with E-state index in [0.29, 0.717) is 36.2 Å². The molecular formula is C21H21ClFN3O2. The van der Waals surface area contributed by atoms with Crippen LogP contribution in [0.3, 0.4) is 0 Å². The number of aromatic nitrogens is 2. The minimum atomic E-state index is -0.484. The zero-order chi connectivity index (χ0) is 19.6. The summed E-state index contributed by atoms with van der Waals surface area (Å²) in [5.41, 5.74) is 7.89. The summed E-state index contributed by atoms with van der Waals surface area (Å²) >= 11 is 5.98. The second-order valence-electron chi connectivity index (χ2n) is 8.36. The maximum Gasteiger partial charge on any atom is 0.267 e. The lowest BCUT2D eigenvalue weighted by Crippen LogP contribution is -2.22. The Kier molecular flexibility index (Phi) is 4.09. The molecule has 0 spiro atoms. The number of halogens is 2. The second-order valence-corrected chi connectivity index (χ2v) is 8.77. The number of benzene rings is 1. The zero-order valence-electron chi connectivity index (χ0n) is 15.3. The van der Waals surface area contributed by atoms with Gasteiger partial charge < -0.3 is 10.3 Å². The van der Waals surface area contributed by atoms with Crippen molar-refractivity contribution in [2.24, 2.45) is 17.6 Å². The number of primary amides is 1. The summed E-state index contributed by atoms with van der Waals surface area (Å²) in [6, 6.07) is 4.55. The van der Waals surface area contributed by atoms with Gasteiger partial charge in [0.15, 0.2) is 0 Å². The molecule has 28 heavy (non-hydrogen) atoms. The molecule has 2 fully saturated rings. The van der Waals surface area contributed by atoms with E-state index in [2.05, 4.69) is 0 Å². The maximum absolute atomic E-state index is 13.6. The third-order valence-corrected chi connectivity index (χ3v) is 7.02. The van der Waals surface area contributed by atoms with Crippen molar-refractivity contribution in [3.8, 4) is 0 Å². The number of rotatable bonds is 3. The molecule has 1 aromatic heterocycles. The molecule has 5 nitrogen and oxygen atoms in total. The first-order valence-corrected chi connectivity index (χ1v) is 10.2. The third-order valence-electron chi connectivity index (χ3n) is 6.73. The minimum Gasteiger partial charge on any atom is -0.364 e. The van der Waals surface area contributed by atoms with E-state index in [1.165, 1.54) is 6.07 Å². The first kappa shape index (κ1) is 17.9. The van der Waals surface area contributed by atoms with Gasteiger partial charge in [-0.1, -0.05) is 17.7 Å². The molecule has 1 aromatic carbocycles. The normalized spacial score (nSPS) is 28.6. The Labute approximate surface area is 167 Å². The van der Waals surface area contributed by atoms with Crippen LogP contribution in [0.5, 0.6) is 0 Å². The fourth-order valence-electron chi connectivity index (χ4n) is 5.57. The second kappa shape index (κ2) is 6.41.